The third-order valence-corrected chi connectivity index (χ3v) is 11.3. The molecule has 0 spiro atoms. The smallest absolute Gasteiger partial charge is 0.148 e. The second-order valence-corrected chi connectivity index (χ2v) is 12.9. The molecule has 0 aliphatic rings. The van der Waals surface area contributed by atoms with Crippen molar-refractivity contribution in [3.05, 3.63) is 42.6 Å². The average molecular weight is 343 g/mol. The van der Waals surface area contributed by atoms with Gasteiger partial charge in [0.25, 0.3) is 0 Å². The van der Waals surface area contributed by atoms with Crippen molar-refractivity contribution in [1.29, 1.82) is 0 Å². The quantitative estimate of drug-likeness (QED) is 0.513. The molecule has 0 fully saturated rings. The van der Waals surface area contributed by atoms with Crippen LogP contribution in [0.5, 0.6) is 0 Å². The zero-order valence-electron chi connectivity index (χ0n) is 15.5. The Labute approximate surface area is 146 Å². The number of imidazole rings is 1. The maximum atomic E-state index is 13.0. The highest BCUT2D eigenvalue weighted by Crippen LogP contribution is 2.40. The van der Waals surface area contributed by atoms with Crippen LogP contribution >= 0.6 is 0 Å². The Hall–Kier alpha value is -1.86. The lowest BCUT2D eigenvalue weighted by molar-refractivity contribution is 0.628. The molecule has 0 saturated carbocycles. The predicted molar refractivity (Wildman–Crippen MR) is 102 cm³/mol. The van der Waals surface area contributed by atoms with Crippen LogP contribution in [0, 0.1) is 17.4 Å². The van der Waals surface area contributed by atoms with Crippen molar-refractivity contribution in [2.45, 2.75) is 58.2 Å². The first-order valence-corrected chi connectivity index (χ1v) is 10.8. The van der Waals surface area contributed by atoms with Crippen molar-refractivity contribution in [2.24, 2.45) is 0 Å². The van der Waals surface area contributed by atoms with Crippen LogP contribution in [0.3, 0.4) is 0 Å². The Morgan fingerprint density at radius 3 is 2.00 bits per heavy atom. The van der Waals surface area contributed by atoms with E-state index in [1.165, 1.54) is 12.1 Å². The summed E-state index contributed by atoms with van der Waals surface area (Å²) in [7, 11) is -1.75. The van der Waals surface area contributed by atoms with Gasteiger partial charge < -0.3 is 0 Å². The van der Waals surface area contributed by atoms with Gasteiger partial charge in [-0.3, -0.25) is 4.57 Å². The second-order valence-electron chi connectivity index (χ2n) is 7.31. The number of nitrogens with zero attached hydrogens (tertiary/aromatic N) is 2. The van der Waals surface area contributed by atoms with Crippen LogP contribution in [0.15, 0.2) is 36.8 Å². The molecule has 0 unspecified atom stereocenters. The van der Waals surface area contributed by atoms with Crippen LogP contribution in [0.1, 0.15) is 41.5 Å². The number of halogens is 1. The zero-order valence-corrected chi connectivity index (χ0v) is 16.5. The minimum Gasteiger partial charge on any atom is -0.265 e. The fourth-order valence-corrected chi connectivity index (χ4v) is 8.94. The molecule has 0 saturated heterocycles. The van der Waals surface area contributed by atoms with Gasteiger partial charge in [-0.2, -0.15) is 0 Å². The molecule has 0 radical (unpaired) electrons. The van der Waals surface area contributed by atoms with Crippen molar-refractivity contribution < 1.29 is 4.39 Å². The molecule has 128 valence electrons. The molecular formula is C20H27FN2Si. The van der Waals surface area contributed by atoms with E-state index < -0.39 is 8.07 Å². The lowest BCUT2D eigenvalue weighted by Gasteiger charge is -2.37. The number of aromatic nitrogens is 2. The molecule has 0 bridgehead atoms. The molecule has 24 heavy (non-hydrogen) atoms. The van der Waals surface area contributed by atoms with E-state index in [2.05, 4.69) is 58.1 Å². The van der Waals surface area contributed by atoms with Crippen LogP contribution in [0.4, 0.5) is 4.39 Å². The van der Waals surface area contributed by atoms with E-state index in [9.17, 15) is 4.39 Å². The summed E-state index contributed by atoms with van der Waals surface area (Å²) in [6.45, 7) is 13.8. The highest BCUT2D eigenvalue weighted by Gasteiger charge is 2.41. The summed E-state index contributed by atoms with van der Waals surface area (Å²) in [5, 5.41) is 0. The Bertz CT molecular complexity index is 711. The van der Waals surface area contributed by atoms with Crippen LogP contribution in [-0.2, 0) is 0 Å². The monoisotopic (exact) mass is 342 g/mol. The summed E-state index contributed by atoms with van der Waals surface area (Å²) in [5.74, 6) is -0.237. The van der Waals surface area contributed by atoms with Crippen molar-refractivity contribution in [2.75, 3.05) is 0 Å². The van der Waals surface area contributed by atoms with Gasteiger partial charge in [0.2, 0.25) is 0 Å². The van der Waals surface area contributed by atoms with Gasteiger partial charge in [-0.1, -0.05) is 41.5 Å². The first-order valence-electron chi connectivity index (χ1n) is 8.60. The third-order valence-electron chi connectivity index (χ3n) is 4.99. The molecule has 2 nitrogen and oxygen atoms in total. The Morgan fingerprint density at radius 2 is 1.50 bits per heavy atom. The van der Waals surface area contributed by atoms with E-state index in [-0.39, 0.29) is 5.82 Å². The maximum Gasteiger partial charge on any atom is 0.148 e. The van der Waals surface area contributed by atoms with E-state index in [4.69, 9.17) is 0 Å². The molecule has 1 aromatic heterocycles. The number of benzene rings is 1. The highest BCUT2D eigenvalue weighted by molar-refractivity contribution is 6.90. The number of hydrogen-bond acceptors (Lipinski definition) is 1. The van der Waals surface area contributed by atoms with Gasteiger partial charge in [0.05, 0.1) is 5.69 Å². The van der Waals surface area contributed by atoms with E-state index in [0.717, 1.165) is 11.3 Å². The Kier molecular flexibility index (Phi) is 5.66. The fraction of sp³-hybridized carbons (Fsp3) is 0.450. The molecule has 0 aliphatic heterocycles. The molecule has 1 aromatic carbocycles. The van der Waals surface area contributed by atoms with Crippen molar-refractivity contribution in [1.82, 2.24) is 9.55 Å². The second kappa shape index (κ2) is 7.35. The van der Waals surface area contributed by atoms with Gasteiger partial charge in [-0.15, -0.1) is 5.54 Å². The van der Waals surface area contributed by atoms with Crippen LogP contribution in [0.2, 0.25) is 16.6 Å². The lowest BCUT2D eigenvalue weighted by atomic mass is 10.2. The Morgan fingerprint density at radius 1 is 0.958 bits per heavy atom. The normalized spacial score (nSPS) is 11.9. The molecule has 0 N–H and O–H groups in total. The topological polar surface area (TPSA) is 17.8 Å². The standard InChI is InChI=1S/C20H27FN2Si/c1-15(2)24(16(3)4,17(5)6)12-11-23-13-20(22-14-23)18-7-9-19(21)10-8-18/h7-10,13-17H,1-6H3. The minimum absolute atomic E-state index is 0.237. The first-order chi connectivity index (χ1) is 11.3. The highest BCUT2D eigenvalue weighted by atomic mass is 28.3. The lowest BCUT2D eigenvalue weighted by Crippen LogP contribution is -2.43. The molecule has 0 amide bonds. The van der Waals surface area contributed by atoms with Crippen molar-refractivity contribution >= 4 is 8.07 Å². The van der Waals surface area contributed by atoms with Crippen molar-refractivity contribution in [3.63, 3.8) is 0 Å². The largest absolute Gasteiger partial charge is 0.265 e. The van der Waals surface area contributed by atoms with Crippen LogP contribution in [-0.4, -0.2) is 17.6 Å². The van der Waals surface area contributed by atoms with Crippen LogP contribution < -0.4 is 0 Å². The number of hydrogen-bond donors (Lipinski definition) is 0. The summed E-state index contributed by atoms with van der Waals surface area (Å²) in [4.78, 5) is 4.40. The summed E-state index contributed by atoms with van der Waals surface area (Å²) in [5.41, 5.74) is 7.19. The van der Waals surface area contributed by atoms with Gasteiger partial charge in [-0.25, -0.2) is 9.37 Å². The van der Waals surface area contributed by atoms with Gasteiger partial charge in [0.1, 0.15) is 20.2 Å². The van der Waals surface area contributed by atoms with Crippen LogP contribution in [0.25, 0.3) is 11.3 Å². The summed E-state index contributed by atoms with van der Waals surface area (Å²) in [6, 6.07) is 9.71. The SMILES string of the molecule is CC(C)[Si](C#Cn1cnc(-c2ccc(F)cc2)c1)(C(C)C)C(C)C. The molecule has 1 heterocycles. The van der Waals surface area contributed by atoms with E-state index in [1.54, 1.807) is 18.5 Å². The van der Waals surface area contributed by atoms with Gasteiger partial charge in [0, 0.05) is 17.8 Å². The molecule has 0 atom stereocenters. The van der Waals surface area contributed by atoms with Gasteiger partial charge in [-0.05, 0) is 40.9 Å². The minimum atomic E-state index is -1.75. The molecule has 2 rings (SSSR count). The van der Waals surface area contributed by atoms with Crippen molar-refractivity contribution in [3.8, 4) is 22.8 Å². The van der Waals surface area contributed by atoms with Gasteiger partial charge >= 0.3 is 0 Å². The maximum absolute atomic E-state index is 13.0. The fourth-order valence-electron chi connectivity index (χ4n) is 3.75. The molecule has 4 heteroatoms. The van der Waals surface area contributed by atoms with E-state index in [0.29, 0.717) is 16.6 Å². The van der Waals surface area contributed by atoms with E-state index in [1.807, 2.05) is 10.8 Å². The summed E-state index contributed by atoms with van der Waals surface area (Å²) in [6.07, 6.45) is 3.66. The molecular weight excluding hydrogens is 315 g/mol. The summed E-state index contributed by atoms with van der Waals surface area (Å²) < 4.78 is 14.9. The average Bonchev–Trinajstić information content (AvgIpc) is 2.96. The van der Waals surface area contributed by atoms with Gasteiger partial charge in [0.15, 0.2) is 0 Å². The first kappa shape index (κ1) is 18.5. The molecule has 2 aromatic rings. The number of rotatable bonds is 4. The van der Waals surface area contributed by atoms with E-state index >= 15 is 0 Å². The molecule has 0 aliphatic carbocycles. The third kappa shape index (κ3) is 3.62. The summed E-state index contributed by atoms with van der Waals surface area (Å²) >= 11 is 0. The zero-order chi connectivity index (χ0) is 17.9. The Balaban J connectivity index is 2.35. The predicted octanol–water partition coefficient (Wildman–Crippen LogP) is 5.72.